The Labute approximate surface area is 148 Å². The monoisotopic (exact) mass is 360 g/mol. The Bertz CT molecular complexity index is 862. The van der Waals surface area contributed by atoms with Crippen molar-refractivity contribution in [3.63, 3.8) is 0 Å². The summed E-state index contributed by atoms with van der Waals surface area (Å²) < 4.78 is 27.0. The first kappa shape index (κ1) is 18.2. The number of para-hydroxylation sites is 1. The second kappa shape index (κ2) is 6.94. The van der Waals surface area contributed by atoms with E-state index in [1.54, 1.807) is 36.5 Å². The number of alkyl halides is 2. The summed E-state index contributed by atoms with van der Waals surface area (Å²) in [7, 11) is 0. The summed E-state index contributed by atoms with van der Waals surface area (Å²) in [5, 5.41) is 20.2. The van der Waals surface area contributed by atoms with Gasteiger partial charge < -0.3 is 15.7 Å². The molecule has 0 spiro atoms. The molecule has 1 saturated heterocycles. The van der Waals surface area contributed by atoms with Crippen molar-refractivity contribution in [3.05, 3.63) is 42.1 Å². The minimum Gasteiger partial charge on any atom is -0.388 e. The number of hydrogen-bond donors (Lipinski definition) is 2. The minimum absolute atomic E-state index is 0.146. The van der Waals surface area contributed by atoms with Crippen LogP contribution in [0.15, 0.2) is 36.5 Å². The fourth-order valence-electron chi connectivity index (χ4n) is 3.25. The van der Waals surface area contributed by atoms with E-state index in [0.717, 1.165) is 10.3 Å². The largest absolute Gasteiger partial charge is 0.388 e. The molecule has 8 heteroatoms. The maximum absolute atomic E-state index is 13.5. The highest BCUT2D eigenvalue weighted by Gasteiger charge is 2.48. The van der Waals surface area contributed by atoms with Gasteiger partial charge in [0.15, 0.2) is 0 Å². The molecule has 0 radical (unpaired) electrons. The zero-order valence-electron chi connectivity index (χ0n) is 13.8. The van der Waals surface area contributed by atoms with Crippen LogP contribution in [0.4, 0.5) is 8.78 Å². The number of likely N-dealkylation sites (tertiary alicyclic amines) is 1. The Morgan fingerprint density at radius 1 is 1.46 bits per heavy atom. The van der Waals surface area contributed by atoms with Crippen LogP contribution < -0.4 is 5.73 Å². The number of aliphatic hydroxyl groups excluding tert-OH is 1. The molecule has 3 rings (SSSR count). The zero-order chi connectivity index (χ0) is 18.9. The first-order chi connectivity index (χ1) is 12.3. The van der Waals surface area contributed by atoms with Crippen molar-refractivity contribution >= 4 is 16.8 Å². The molecule has 2 heterocycles. The van der Waals surface area contributed by atoms with Crippen molar-refractivity contribution in [1.82, 2.24) is 9.88 Å². The van der Waals surface area contributed by atoms with Crippen molar-refractivity contribution in [2.24, 2.45) is 5.73 Å². The number of halogens is 2. The van der Waals surface area contributed by atoms with E-state index < -0.39 is 43.0 Å². The number of carbonyl (C=O) groups is 1. The molecular formula is C18H18F2N4O2. The van der Waals surface area contributed by atoms with Crippen molar-refractivity contribution in [2.45, 2.75) is 37.0 Å². The molecule has 1 amide bonds. The number of aliphatic hydroxyl groups is 1. The third-order valence-electron chi connectivity index (χ3n) is 4.54. The zero-order valence-corrected chi connectivity index (χ0v) is 13.8. The van der Waals surface area contributed by atoms with Gasteiger partial charge in [-0.25, -0.2) is 8.78 Å². The van der Waals surface area contributed by atoms with Crippen LogP contribution in [0, 0.1) is 11.3 Å². The molecule has 0 bridgehead atoms. The molecule has 6 nitrogen and oxygen atoms in total. The molecule has 136 valence electrons. The molecule has 1 aliphatic heterocycles. The SMILES string of the molecule is N#CC1CC(F)(F)CN1C(=O)C(N)CC(O)c1ccnc2ccccc12. The van der Waals surface area contributed by atoms with Gasteiger partial charge in [-0.2, -0.15) is 5.26 Å². The molecule has 1 fully saturated rings. The number of amides is 1. The first-order valence-electron chi connectivity index (χ1n) is 8.17. The molecule has 3 N–H and O–H groups in total. The molecule has 3 atom stereocenters. The van der Waals surface area contributed by atoms with Gasteiger partial charge in [0, 0.05) is 24.4 Å². The molecule has 0 aliphatic carbocycles. The summed E-state index contributed by atoms with van der Waals surface area (Å²) in [6.45, 7) is -0.827. The van der Waals surface area contributed by atoms with Gasteiger partial charge in [-0.1, -0.05) is 18.2 Å². The number of rotatable bonds is 4. The molecule has 3 unspecified atom stereocenters. The van der Waals surface area contributed by atoms with Gasteiger partial charge in [-0.15, -0.1) is 0 Å². The number of hydrogen-bond acceptors (Lipinski definition) is 5. The van der Waals surface area contributed by atoms with Crippen LogP contribution in [0.2, 0.25) is 0 Å². The van der Waals surface area contributed by atoms with E-state index in [1.807, 2.05) is 6.07 Å². The van der Waals surface area contributed by atoms with E-state index in [4.69, 9.17) is 11.0 Å². The van der Waals surface area contributed by atoms with E-state index in [1.165, 1.54) is 0 Å². The van der Waals surface area contributed by atoms with E-state index in [-0.39, 0.29) is 6.42 Å². The molecule has 2 aromatic rings. The lowest BCUT2D eigenvalue weighted by atomic mass is 9.98. The number of nitrogens with two attached hydrogens (primary N) is 1. The molecule has 1 aliphatic rings. The van der Waals surface area contributed by atoms with Crippen molar-refractivity contribution in [3.8, 4) is 6.07 Å². The number of aromatic nitrogens is 1. The Kier molecular flexibility index (Phi) is 4.85. The van der Waals surface area contributed by atoms with E-state index in [0.29, 0.717) is 11.1 Å². The average molecular weight is 360 g/mol. The molecule has 1 aromatic heterocycles. The number of fused-ring (bicyclic) bond motifs is 1. The molecule has 26 heavy (non-hydrogen) atoms. The smallest absolute Gasteiger partial charge is 0.268 e. The predicted molar refractivity (Wildman–Crippen MR) is 90.0 cm³/mol. The Morgan fingerprint density at radius 2 is 2.19 bits per heavy atom. The lowest BCUT2D eigenvalue weighted by Gasteiger charge is -2.24. The third kappa shape index (κ3) is 3.49. The molecule has 0 saturated carbocycles. The topological polar surface area (TPSA) is 103 Å². The van der Waals surface area contributed by atoms with Crippen molar-refractivity contribution in [1.29, 1.82) is 5.26 Å². The highest BCUT2D eigenvalue weighted by atomic mass is 19.3. The van der Waals surface area contributed by atoms with E-state index in [2.05, 4.69) is 4.98 Å². The van der Waals surface area contributed by atoms with Gasteiger partial charge in [0.25, 0.3) is 5.92 Å². The summed E-state index contributed by atoms with van der Waals surface area (Å²) in [5.74, 6) is -3.86. The Morgan fingerprint density at radius 3 is 2.92 bits per heavy atom. The van der Waals surface area contributed by atoms with Crippen LogP contribution in [0.25, 0.3) is 10.9 Å². The second-order valence-electron chi connectivity index (χ2n) is 6.45. The van der Waals surface area contributed by atoms with Crippen LogP contribution >= 0.6 is 0 Å². The average Bonchev–Trinajstić information content (AvgIpc) is 2.95. The summed E-state index contributed by atoms with van der Waals surface area (Å²) in [6.07, 6.45) is -0.362. The fraction of sp³-hybridized carbons (Fsp3) is 0.389. The van der Waals surface area contributed by atoms with Gasteiger partial charge in [-0.3, -0.25) is 9.78 Å². The van der Waals surface area contributed by atoms with Gasteiger partial charge in [0.1, 0.15) is 6.04 Å². The summed E-state index contributed by atoms with van der Waals surface area (Å²) in [4.78, 5) is 17.4. The fourth-order valence-corrected chi connectivity index (χ4v) is 3.25. The maximum Gasteiger partial charge on any atom is 0.268 e. The molecular weight excluding hydrogens is 342 g/mol. The Balaban J connectivity index is 1.76. The standard InChI is InChI=1S/C18H18F2N4O2/c19-18(20)8-11(9-21)24(10-18)17(26)14(22)7-16(25)13-5-6-23-15-4-2-1-3-12(13)15/h1-6,11,14,16,25H,7-8,10,22H2. The summed E-state index contributed by atoms with van der Waals surface area (Å²) in [6, 6.07) is 8.15. The highest BCUT2D eigenvalue weighted by molar-refractivity contribution is 5.84. The minimum atomic E-state index is -3.10. The summed E-state index contributed by atoms with van der Waals surface area (Å²) >= 11 is 0. The Hall–Kier alpha value is -2.63. The van der Waals surface area contributed by atoms with Gasteiger partial charge in [-0.05, 0) is 17.7 Å². The lowest BCUT2D eigenvalue weighted by Crippen LogP contribution is -2.46. The summed E-state index contributed by atoms with van der Waals surface area (Å²) in [5.41, 5.74) is 7.11. The van der Waals surface area contributed by atoms with E-state index >= 15 is 0 Å². The second-order valence-corrected chi connectivity index (χ2v) is 6.45. The number of nitriles is 1. The maximum atomic E-state index is 13.5. The van der Waals surface area contributed by atoms with E-state index in [9.17, 15) is 18.7 Å². The van der Waals surface area contributed by atoms with Gasteiger partial charge in [0.2, 0.25) is 5.91 Å². The van der Waals surface area contributed by atoms with Crippen molar-refractivity contribution in [2.75, 3.05) is 6.54 Å². The van der Waals surface area contributed by atoms with Crippen LogP contribution in [0.5, 0.6) is 0 Å². The van der Waals surface area contributed by atoms with Crippen LogP contribution in [0.3, 0.4) is 0 Å². The quantitative estimate of drug-likeness (QED) is 0.864. The number of benzene rings is 1. The predicted octanol–water partition coefficient (Wildman–Crippen LogP) is 1.75. The number of carbonyl (C=O) groups excluding carboxylic acids is 1. The van der Waals surface area contributed by atoms with Gasteiger partial charge in [0.05, 0.1) is 30.3 Å². The van der Waals surface area contributed by atoms with Gasteiger partial charge >= 0.3 is 0 Å². The highest BCUT2D eigenvalue weighted by Crippen LogP contribution is 2.33. The van der Waals surface area contributed by atoms with Crippen LogP contribution in [-0.2, 0) is 4.79 Å². The third-order valence-corrected chi connectivity index (χ3v) is 4.54. The first-order valence-corrected chi connectivity index (χ1v) is 8.17. The van der Waals surface area contributed by atoms with Crippen molar-refractivity contribution < 1.29 is 18.7 Å². The normalized spacial score (nSPS) is 21.3. The van der Waals surface area contributed by atoms with Crippen LogP contribution in [0.1, 0.15) is 24.5 Å². The number of nitrogens with zero attached hydrogens (tertiary/aromatic N) is 3. The van der Waals surface area contributed by atoms with Crippen LogP contribution in [-0.4, -0.2) is 45.4 Å². The number of pyridine rings is 1. The lowest BCUT2D eigenvalue weighted by molar-refractivity contribution is -0.134. The molecule has 1 aromatic carbocycles.